The van der Waals surface area contributed by atoms with Gasteiger partial charge in [0.25, 0.3) is 0 Å². The topological polar surface area (TPSA) is 28.7 Å². The number of aromatic nitrogens is 2. The Morgan fingerprint density at radius 1 is 0.947 bits per heavy atom. The maximum atomic E-state index is 6.17. The van der Waals surface area contributed by atoms with Gasteiger partial charge in [0.2, 0.25) is 0 Å². The molecule has 0 aliphatic heterocycles. The van der Waals surface area contributed by atoms with Gasteiger partial charge in [0, 0.05) is 21.2 Å². The summed E-state index contributed by atoms with van der Waals surface area (Å²) in [5.41, 5.74) is 2.77. The van der Waals surface area contributed by atoms with E-state index in [0.29, 0.717) is 10.0 Å². The first kappa shape index (κ1) is 12.3. The fourth-order valence-electron chi connectivity index (χ4n) is 1.92. The van der Waals surface area contributed by atoms with Crippen LogP contribution in [-0.2, 0) is 0 Å². The van der Waals surface area contributed by atoms with Gasteiger partial charge in [-0.3, -0.25) is 0 Å². The van der Waals surface area contributed by atoms with E-state index < -0.39 is 0 Å². The van der Waals surface area contributed by atoms with Crippen molar-refractivity contribution < 1.29 is 0 Å². The van der Waals surface area contributed by atoms with Gasteiger partial charge >= 0.3 is 0 Å². The lowest BCUT2D eigenvalue weighted by molar-refractivity contribution is 1.31. The van der Waals surface area contributed by atoms with E-state index in [0.717, 1.165) is 22.6 Å². The average Bonchev–Trinajstić information content (AvgIpc) is 2.89. The van der Waals surface area contributed by atoms with Gasteiger partial charge in [0.05, 0.1) is 11.9 Å². The number of imidazole rings is 1. The van der Waals surface area contributed by atoms with E-state index in [1.807, 2.05) is 48.5 Å². The lowest BCUT2D eigenvalue weighted by atomic mass is 10.2. The van der Waals surface area contributed by atoms with Crippen molar-refractivity contribution in [3.63, 3.8) is 0 Å². The zero-order valence-corrected chi connectivity index (χ0v) is 11.4. The molecule has 0 bridgehead atoms. The van der Waals surface area contributed by atoms with Crippen LogP contribution in [0.5, 0.6) is 0 Å². The molecular formula is C15H10Cl2N2. The van der Waals surface area contributed by atoms with Crippen molar-refractivity contribution >= 4 is 23.2 Å². The highest BCUT2D eigenvalue weighted by Crippen LogP contribution is 2.28. The summed E-state index contributed by atoms with van der Waals surface area (Å²) in [7, 11) is 0. The molecule has 0 fully saturated rings. The molecule has 4 heteroatoms. The third-order valence-electron chi connectivity index (χ3n) is 2.84. The maximum absolute atomic E-state index is 6.17. The van der Waals surface area contributed by atoms with Gasteiger partial charge < -0.3 is 4.98 Å². The standard InChI is InChI=1S/C15H10Cl2N2/c16-11-5-3-4-10(8-11)15-18-9-14(19-15)12-6-1-2-7-13(12)17/h1-9H,(H,18,19). The summed E-state index contributed by atoms with van der Waals surface area (Å²) in [5, 5.41) is 1.39. The van der Waals surface area contributed by atoms with Gasteiger partial charge in [-0.1, -0.05) is 53.5 Å². The van der Waals surface area contributed by atoms with E-state index in [-0.39, 0.29) is 0 Å². The lowest BCUT2D eigenvalue weighted by Crippen LogP contribution is -1.81. The monoisotopic (exact) mass is 288 g/mol. The fraction of sp³-hybridized carbons (Fsp3) is 0. The van der Waals surface area contributed by atoms with E-state index >= 15 is 0 Å². The molecule has 94 valence electrons. The summed E-state index contributed by atoms with van der Waals surface area (Å²) in [4.78, 5) is 7.63. The number of halogens is 2. The minimum atomic E-state index is 0.688. The third kappa shape index (κ3) is 2.50. The van der Waals surface area contributed by atoms with Gasteiger partial charge in [-0.2, -0.15) is 0 Å². The molecule has 0 aliphatic rings. The second kappa shape index (κ2) is 5.08. The predicted octanol–water partition coefficient (Wildman–Crippen LogP) is 5.05. The number of hydrogen-bond acceptors (Lipinski definition) is 1. The van der Waals surface area contributed by atoms with Crippen LogP contribution in [0.3, 0.4) is 0 Å². The predicted molar refractivity (Wildman–Crippen MR) is 79.5 cm³/mol. The second-order valence-corrected chi connectivity index (χ2v) is 4.98. The second-order valence-electron chi connectivity index (χ2n) is 4.14. The molecule has 1 N–H and O–H groups in total. The molecular weight excluding hydrogens is 279 g/mol. The van der Waals surface area contributed by atoms with Gasteiger partial charge in [-0.25, -0.2) is 4.98 Å². The molecule has 19 heavy (non-hydrogen) atoms. The largest absolute Gasteiger partial charge is 0.338 e. The van der Waals surface area contributed by atoms with Crippen molar-refractivity contribution in [1.82, 2.24) is 9.97 Å². The van der Waals surface area contributed by atoms with Crippen LogP contribution < -0.4 is 0 Å². The van der Waals surface area contributed by atoms with Crippen molar-refractivity contribution in [2.24, 2.45) is 0 Å². The summed E-state index contributed by atoms with van der Waals surface area (Å²) in [6.45, 7) is 0. The van der Waals surface area contributed by atoms with Crippen molar-refractivity contribution in [3.8, 4) is 22.6 Å². The molecule has 0 saturated carbocycles. The van der Waals surface area contributed by atoms with Crippen LogP contribution in [0.15, 0.2) is 54.7 Å². The smallest absolute Gasteiger partial charge is 0.137 e. The number of benzene rings is 2. The van der Waals surface area contributed by atoms with Crippen molar-refractivity contribution in [3.05, 3.63) is 64.8 Å². The quantitative estimate of drug-likeness (QED) is 0.702. The number of rotatable bonds is 2. The Morgan fingerprint density at radius 2 is 1.79 bits per heavy atom. The zero-order chi connectivity index (χ0) is 13.2. The van der Waals surface area contributed by atoms with E-state index in [9.17, 15) is 0 Å². The molecule has 0 radical (unpaired) electrons. The van der Waals surface area contributed by atoms with Crippen LogP contribution in [0.1, 0.15) is 0 Å². The third-order valence-corrected chi connectivity index (χ3v) is 3.40. The molecule has 0 unspecified atom stereocenters. The molecule has 3 aromatic rings. The highest BCUT2D eigenvalue weighted by molar-refractivity contribution is 6.33. The number of hydrogen-bond donors (Lipinski definition) is 1. The summed E-state index contributed by atoms with van der Waals surface area (Å²) < 4.78 is 0. The summed E-state index contributed by atoms with van der Waals surface area (Å²) in [6.07, 6.45) is 1.78. The van der Waals surface area contributed by atoms with Gasteiger partial charge in [-0.05, 0) is 18.2 Å². The Balaban J connectivity index is 2.03. The van der Waals surface area contributed by atoms with Crippen LogP contribution in [0.25, 0.3) is 22.6 Å². The molecule has 0 aliphatic carbocycles. The normalized spacial score (nSPS) is 10.6. The number of nitrogens with one attached hydrogen (secondary N) is 1. The average molecular weight is 289 g/mol. The molecule has 1 aromatic heterocycles. The van der Waals surface area contributed by atoms with Gasteiger partial charge in [0.15, 0.2) is 0 Å². The summed E-state index contributed by atoms with van der Waals surface area (Å²) >= 11 is 12.2. The molecule has 1 heterocycles. The SMILES string of the molecule is Clc1cccc(-c2ncc(-c3ccccc3Cl)[nH]2)c1. The van der Waals surface area contributed by atoms with Crippen LogP contribution >= 0.6 is 23.2 Å². The van der Waals surface area contributed by atoms with E-state index in [2.05, 4.69) is 9.97 Å². The maximum Gasteiger partial charge on any atom is 0.137 e. The Morgan fingerprint density at radius 3 is 2.58 bits per heavy atom. The van der Waals surface area contributed by atoms with Crippen LogP contribution in [0.2, 0.25) is 10.0 Å². The number of nitrogens with zero attached hydrogens (tertiary/aromatic N) is 1. The fourth-order valence-corrected chi connectivity index (χ4v) is 2.35. The number of H-pyrrole nitrogens is 1. The molecule has 0 saturated heterocycles. The Hall–Kier alpha value is -1.77. The van der Waals surface area contributed by atoms with E-state index in [1.165, 1.54) is 0 Å². The molecule has 2 nitrogen and oxygen atoms in total. The van der Waals surface area contributed by atoms with E-state index in [4.69, 9.17) is 23.2 Å². The molecule has 0 spiro atoms. The molecule has 2 aromatic carbocycles. The molecule has 0 atom stereocenters. The zero-order valence-electron chi connectivity index (χ0n) is 9.90. The van der Waals surface area contributed by atoms with Crippen molar-refractivity contribution in [1.29, 1.82) is 0 Å². The highest BCUT2D eigenvalue weighted by atomic mass is 35.5. The Bertz CT molecular complexity index is 719. The Kier molecular flexibility index (Phi) is 3.28. The minimum Gasteiger partial charge on any atom is -0.338 e. The Labute approximate surface area is 121 Å². The van der Waals surface area contributed by atoms with Gasteiger partial charge in [0.1, 0.15) is 5.82 Å². The lowest BCUT2D eigenvalue weighted by Gasteiger charge is -2.00. The van der Waals surface area contributed by atoms with Crippen molar-refractivity contribution in [2.45, 2.75) is 0 Å². The van der Waals surface area contributed by atoms with Crippen LogP contribution in [0, 0.1) is 0 Å². The first-order valence-electron chi connectivity index (χ1n) is 5.80. The summed E-state index contributed by atoms with van der Waals surface area (Å²) in [6, 6.07) is 15.2. The minimum absolute atomic E-state index is 0.688. The van der Waals surface area contributed by atoms with Crippen LogP contribution in [0.4, 0.5) is 0 Å². The highest BCUT2D eigenvalue weighted by Gasteiger charge is 2.08. The summed E-state index contributed by atoms with van der Waals surface area (Å²) in [5.74, 6) is 0.775. The van der Waals surface area contributed by atoms with Gasteiger partial charge in [-0.15, -0.1) is 0 Å². The van der Waals surface area contributed by atoms with E-state index in [1.54, 1.807) is 6.20 Å². The number of aromatic amines is 1. The first-order valence-corrected chi connectivity index (χ1v) is 6.55. The molecule has 3 rings (SSSR count). The molecule has 0 amide bonds. The first-order chi connectivity index (χ1) is 9.24. The van der Waals surface area contributed by atoms with Crippen LogP contribution in [-0.4, -0.2) is 9.97 Å². The van der Waals surface area contributed by atoms with Crippen molar-refractivity contribution in [2.75, 3.05) is 0 Å².